The van der Waals surface area contributed by atoms with Gasteiger partial charge in [-0.15, -0.1) is 0 Å². The van der Waals surface area contributed by atoms with Crippen LogP contribution in [-0.4, -0.2) is 126 Å². The summed E-state index contributed by atoms with van der Waals surface area (Å²) >= 11 is 2.61. The molecule has 2 N–H and O–H groups in total. The Morgan fingerprint density at radius 2 is 0.783 bits per heavy atom. The van der Waals surface area contributed by atoms with E-state index in [9.17, 15) is 38.4 Å². The van der Waals surface area contributed by atoms with Crippen molar-refractivity contribution in [2.75, 3.05) is 23.0 Å². The molecule has 20 heteroatoms. The van der Waals surface area contributed by atoms with E-state index in [1.165, 1.54) is 35.7 Å². The summed E-state index contributed by atoms with van der Waals surface area (Å²) in [5.41, 5.74) is 0. The maximum Gasteiger partial charge on any atom is 0.306 e. The zero-order valence-electron chi connectivity index (χ0n) is 37.1. The molecule has 0 saturated carbocycles. The molecule has 0 aromatic heterocycles. The summed E-state index contributed by atoms with van der Waals surface area (Å²) in [4.78, 5) is 97.1. The lowest BCUT2D eigenvalue weighted by Gasteiger charge is -2.34. The predicted molar refractivity (Wildman–Crippen MR) is 248 cm³/mol. The summed E-state index contributed by atoms with van der Waals surface area (Å²) in [7, 11) is -8.67. The first-order valence-corrected chi connectivity index (χ1v) is 35.2. The first-order chi connectivity index (χ1) is 27.7. The molecule has 0 bridgehead atoms. The predicted octanol–water partition coefficient (Wildman–Crippen LogP) is 7.85. The molecule has 0 aliphatic rings. The molecule has 0 heterocycles. The number of ether oxygens (including phenoxy) is 2. The molecule has 0 radical (unpaired) electrons. The fourth-order valence-electron chi connectivity index (χ4n) is 5.96. The first-order valence-electron chi connectivity index (χ1n) is 20.4. The lowest BCUT2D eigenvalue weighted by molar-refractivity contribution is -0.165. The third-order valence-corrected chi connectivity index (χ3v) is 26.0. The van der Waals surface area contributed by atoms with Gasteiger partial charge in [0, 0.05) is 61.5 Å². The van der Waals surface area contributed by atoms with E-state index in [1.807, 2.05) is 0 Å². The molecule has 0 amide bonds. The van der Waals surface area contributed by atoms with Crippen LogP contribution in [0, 0.1) is 0 Å². The highest BCUT2D eigenvalue weighted by atomic mass is 32.2. The summed E-state index contributed by atoms with van der Waals surface area (Å²) < 4.78 is 24.4. The van der Waals surface area contributed by atoms with Crippen LogP contribution < -0.4 is 0 Å². The number of allylic oxidation sites excluding steroid dienone is 2. The third-order valence-electron chi connectivity index (χ3n) is 9.20. The van der Waals surface area contributed by atoms with Gasteiger partial charge < -0.3 is 27.9 Å². The van der Waals surface area contributed by atoms with Crippen LogP contribution in [-0.2, 0) is 56.1 Å². The Kier molecular flexibility index (Phi) is 27.8. The van der Waals surface area contributed by atoms with Crippen LogP contribution in [0.1, 0.15) is 64.2 Å². The lowest BCUT2D eigenvalue weighted by atomic mass is 10.2. The third kappa shape index (κ3) is 30.5. The Labute approximate surface area is 369 Å². The standard InChI is InChI=1S/C40H70O14S2Si4/c1-11-31(41)19-25-57(3,4)53-59(7,8)27-21-33(43)17-23-55-29-35(51-39(49)15-13-37(45)46)36(52-40(50)16-14-38(47)48)30-56-24-18-34(44)22-28-60(9,10)54-58(5,6)26-20-32(42)12-2/h11-12,35-36H,1-2,13-30H2,3-10H3,(H,45,46)(H,47,48). The normalized spacial score (nSPS) is 13.1. The lowest BCUT2D eigenvalue weighted by Crippen LogP contribution is -2.44. The van der Waals surface area contributed by atoms with E-state index in [4.69, 9.17) is 27.9 Å². The summed E-state index contributed by atoms with van der Waals surface area (Å²) in [6.07, 6.45) is 0.662. The van der Waals surface area contributed by atoms with E-state index in [0.29, 0.717) is 61.4 Å². The van der Waals surface area contributed by atoms with E-state index >= 15 is 0 Å². The van der Waals surface area contributed by atoms with Gasteiger partial charge in [-0.05, 0) is 88.7 Å². The van der Waals surface area contributed by atoms with Crippen molar-refractivity contribution in [3.05, 3.63) is 25.3 Å². The van der Waals surface area contributed by atoms with E-state index in [-0.39, 0.29) is 47.5 Å². The van der Waals surface area contributed by atoms with Crippen molar-refractivity contribution in [1.29, 1.82) is 0 Å². The largest absolute Gasteiger partial charge is 0.481 e. The van der Waals surface area contributed by atoms with Gasteiger partial charge in [-0.1, -0.05) is 13.2 Å². The van der Waals surface area contributed by atoms with Gasteiger partial charge in [-0.25, -0.2) is 0 Å². The average molecular weight is 951 g/mol. The number of hydrogen-bond donors (Lipinski definition) is 2. The molecule has 0 aliphatic carbocycles. The molecule has 14 nitrogen and oxygen atoms in total. The highest BCUT2D eigenvalue weighted by molar-refractivity contribution is 7.99. The highest BCUT2D eigenvalue weighted by Gasteiger charge is 2.35. The maximum atomic E-state index is 12.9. The monoisotopic (exact) mass is 950 g/mol. The van der Waals surface area contributed by atoms with E-state index < -0.39 is 95.0 Å². The van der Waals surface area contributed by atoms with Crippen LogP contribution in [0.15, 0.2) is 25.3 Å². The number of hydrogen-bond acceptors (Lipinski definition) is 14. The number of aliphatic carboxylic acids is 2. The maximum absolute atomic E-state index is 12.9. The highest BCUT2D eigenvalue weighted by Crippen LogP contribution is 2.27. The Bertz CT molecular complexity index is 1380. The SMILES string of the molecule is C=CC(=O)CC[Si](C)(C)O[Si](C)(C)CCC(=O)CCSCC(OC(=O)CCC(=O)O)C(CSCCC(=O)CC[Si](C)(C)O[Si](C)(C)CCC(=O)C=C)OC(=O)CCC(=O)O. The van der Waals surface area contributed by atoms with Gasteiger partial charge in [0.05, 0.1) is 25.7 Å². The van der Waals surface area contributed by atoms with Crippen molar-refractivity contribution < 1.29 is 66.3 Å². The van der Waals surface area contributed by atoms with Gasteiger partial charge in [0.1, 0.15) is 23.8 Å². The van der Waals surface area contributed by atoms with Crippen molar-refractivity contribution >= 4 is 104 Å². The number of ketones is 4. The molecule has 0 fully saturated rings. The second-order valence-corrected chi connectivity index (χ2v) is 37.2. The molecule has 0 aliphatic heterocycles. The van der Waals surface area contributed by atoms with Gasteiger partial charge in [0.15, 0.2) is 44.8 Å². The second-order valence-electron chi connectivity index (χ2n) is 17.2. The molecule has 0 rings (SSSR count). The molecule has 0 spiro atoms. The number of esters is 2. The summed E-state index contributed by atoms with van der Waals surface area (Å²) in [5.74, 6) is -3.04. The van der Waals surface area contributed by atoms with E-state index in [1.54, 1.807) is 0 Å². The zero-order valence-corrected chi connectivity index (χ0v) is 42.7. The number of carbonyl (C=O) groups excluding carboxylic acids is 6. The quantitative estimate of drug-likeness (QED) is 0.0263. The zero-order chi connectivity index (χ0) is 46.2. The number of thioether (sulfide) groups is 2. The van der Waals surface area contributed by atoms with Crippen molar-refractivity contribution in [3.63, 3.8) is 0 Å². The van der Waals surface area contributed by atoms with Crippen LogP contribution in [0.3, 0.4) is 0 Å². The van der Waals surface area contributed by atoms with E-state index in [0.717, 1.165) is 0 Å². The minimum absolute atomic E-state index is 0.0193. The fourth-order valence-corrected chi connectivity index (χ4v) is 25.1. The summed E-state index contributed by atoms with van der Waals surface area (Å²) in [6, 6.07) is 2.58. The van der Waals surface area contributed by atoms with Gasteiger partial charge in [-0.3, -0.25) is 38.4 Å². The molecular formula is C40H70O14S2Si4. The molecule has 0 saturated heterocycles. The minimum atomic E-state index is -2.21. The number of rotatable bonds is 37. The molecule has 2 unspecified atom stereocenters. The molecular weight excluding hydrogens is 881 g/mol. The average Bonchev–Trinajstić information content (AvgIpc) is 3.14. The van der Waals surface area contributed by atoms with Crippen LogP contribution in [0.5, 0.6) is 0 Å². The molecule has 0 aromatic rings. The molecule has 60 heavy (non-hydrogen) atoms. The first kappa shape index (κ1) is 57.5. The Balaban J connectivity index is 5.56. The number of carboxylic acid groups (broad SMARTS) is 2. The van der Waals surface area contributed by atoms with Crippen molar-refractivity contribution in [1.82, 2.24) is 0 Å². The van der Waals surface area contributed by atoms with Gasteiger partial charge >= 0.3 is 23.9 Å². The Hall–Kier alpha value is -2.47. The summed E-state index contributed by atoms with van der Waals surface area (Å²) in [5, 5.41) is 18.2. The second kappa shape index (κ2) is 29.0. The van der Waals surface area contributed by atoms with Crippen molar-refractivity contribution in [2.45, 2.75) is 153 Å². The summed E-state index contributed by atoms with van der Waals surface area (Å²) in [6.45, 7) is 23.6. The minimum Gasteiger partial charge on any atom is -0.481 e. The Morgan fingerprint density at radius 3 is 1.07 bits per heavy atom. The van der Waals surface area contributed by atoms with Crippen LogP contribution in [0.2, 0.25) is 76.6 Å². The van der Waals surface area contributed by atoms with Crippen LogP contribution in [0.4, 0.5) is 0 Å². The van der Waals surface area contributed by atoms with Crippen LogP contribution in [0.25, 0.3) is 0 Å². The van der Waals surface area contributed by atoms with E-state index in [2.05, 4.69) is 65.5 Å². The van der Waals surface area contributed by atoms with Gasteiger partial charge in [0.2, 0.25) is 0 Å². The smallest absolute Gasteiger partial charge is 0.306 e. The van der Waals surface area contributed by atoms with Crippen molar-refractivity contribution in [3.8, 4) is 0 Å². The molecule has 0 aromatic carbocycles. The number of carbonyl (C=O) groups is 8. The fraction of sp³-hybridized carbons (Fsp3) is 0.700. The number of carboxylic acids is 2. The van der Waals surface area contributed by atoms with Crippen LogP contribution >= 0.6 is 23.5 Å². The molecule has 342 valence electrons. The van der Waals surface area contributed by atoms with Crippen molar-refractivity contribution in [2.24, 2.45) is 0 Å². The number of Topliss-reactive ketones (excluding diaryl/α,β-unsaturated/α-hetero) is 2. The van der Waals surface area contributed by atoms with Gasteiger partial charge in [-0.2, -0.15) is 23.5 Å². The Morgan fingerprint density at radius 1 is 0.483 bits per heavy atom. The molecule has 2 atom stereocenters. The van der Waals surface area contributed by atoms with Gasteiger partial charge in [0.25, 0.3) is 0 Å². The topological polar surface area (TPSA) is 214 Å².